The van der Waals surface area contributed by atoms with Crippen molar-refractivity contribution in [3.8, 4) is 0 Å². The molecule has 1 aliphatic carbocycles. The Morgan fingerprint density at radius 3 is 2.81 bits per heavy atom. The molecule has 3 rings (SSSR count). The second kappa shape index (κ2) is 5.89. The Morgan fingerprint density at radius 1 is 1.38 bits per heavy atom. The van der Waals surface area contributed by atoms with Crippen molar-refractivity contribution in [2.45, 2.75) is 24.9 Å². The molecule has 2 N–H and O–H groups in total. The van der Waals surface area contributed by atoms with E-state index in [-0.39, 0.29) is 12.1 Å². The van der Waals surface area contributed by atoms with E-state index in [1.165, 1.54) is 5.56 Å². The first-order chi connectivity index (χ1) is 10.1. The lowest BCUT2D eigenvalue weighted by atomic mass is 10.1. The summed E-state index contributed by atoms with van der Waals surface area (Å²) >= 11 is 3.43. The van der Waals surface area contributed by atoms with Gasteiger partial charge in [-0.15, -0.1) is 0 Å². The number of rotatable bonds is 4. The molecule has 0 unspecified atom stereocenters. The van der Waals surface area contributed by atoms with Gasteiger partial charge < -0.3 is 10.6 Å². The number of benzene rings is 1. The molecular weight excluding hydrogens is 332 g/mol. The summed E-state index contributed by atoms with van der Waals surface area (Å²) < 4.78 is 2.83. The first-order valence-electron chi connectivity index (χ1n) is 6.90. The van der Waals surface area contributed by atoms with Crippen LogP contribution in [0.4, 0.5) is 4.79 Å². The van der Waals surface area contributed by atoms with Gasteiger partial charge in [-0.3, -0.25) is 4.68 Å². The number of aryl methyl sites for hydroxylation is 1. The fourth-order valence-electron chi connectivity index (χ4n) is 2.40. The SMILES string of the molecule is Cn1nccc1CNC(=O)N[C@@H]1C[C@H]1c1ccc(Br)cc1. The van der Waals surface area contributed by atoms with Crippen molar-refractivity contribution in [2.75, 3.05) is 0 Å². The number of nitrogens with zero attached hydrogens (tertiary/aromatic N) is 2. The van der Waals surface area contributed by atoms with Gasteiger partial charge in [0.15, 0.2) is 0 Å². The number of hydrogen-bond acceptors (Lipinski definition) is 2. The summed E-state index contributed by atoms with van der Waals surface area (Å²) in [6, 6.07) is 10.3. The highest BCUT2D eigenvalue weighted by Crippen LogP contribution is 2.40. The first-order valence-corrected chi connectivity index (χ1v) is 7.69. The van der Waals surface area contributed by atoms with Gasteiger partial charge in [0.05, 0.1) is 12.2 Å². The van der Waals surface area contributed by atoms with Crippen LogP contribution in [0.25, 0.3) is 0 Å². The van der Waals surface area contributed by atoms with Crippen molar-refractivity contribution in [1.82, 2.24) is 20.4 Å². The average Bonchev–Trinajstić information content (AvgIpc) is 3.10. The minimum atomic E-state index is -0.124. The molecule has 1 aromatic carbocycles. The molecule has 0 radical (unpaired) electrons. The molecule has 1 heterocycles. The van der Waals surface area contributed by atoms with Gasteiger partial charge in [0.25, 0.3) is 0 Å². The molecular formula is C15H17BrN4O. The molecule has 0 bridgehead atoms. The molecule has 0 spiro atoms. The Kier molecular flexibility index (Phi) is 3.96. The molecule has 0 aliphatic heterocycles. The second-order valence-corrected chi connectivity index (χ2v) is 6.19. The lowest BCUT2D eigenvalue weighted by Gasteiger charge is -2.08. The maximum atomic E-state index is 11.9. The van der Waals surface area contributed by atoms with Crippen molar-refractivity contribution in [2.24, 2.45) is 7.05 Å². The van der Waals surface area contributed by atoms with Crippen LogP contribution in [0, 0.1) is 0 Å². The fourth-order valence-corrected chi connectivity index (χ4v) is 2.66. The van der Waals surface area contributed by atoms with Crippen molar-refractivity contribution in [3.05, 3.63) is 52.3 Å². The molecule has 1 fully saturated rings. The minimum Gasteiger partial charge on any atom is -0.335 e. The van der Waals surface area contributed by atoms with Crippen LogP contribution in [0.5, 0.6) is 0 Å². The standard InChI is InChI=1S/C15H17BrN4O/c1-20-12(6-7-18-20)9-17-15(21)19-14-8-13(14)10-2-4-11(16)5-3-10/h2-7,13-14H,8-9H2,1H3,(H2,17,19,21)/t13-,14+/m0/s1. The van der Waals surface area contributed by atoms with Gasteiger partial charge in [-0.1, -0.05) is 28.1 Å². The summed E-state index contributed by atoms with van der Waals surface area (Å²) in [5.74, 6) is 0.431. The number of carbonyl (C=O) groups is 1. The number of aromatic nitrogens is 2. The van der Waals surface area contributed by atoms with Gasteiger partial charge in [-0.25, -0.2) is 4.79 Å². The zero-order valence-electron chi connectivity index (χ0n) is 11.7. The van der Waals surface area contributed by atoms with Crippen molar-refractivity contribution >= 4 is 22.0 Å². The van der Waals surface area contributed by atoms with Crippen LogP contribution in [-0.2, 0) is 13.6 Å². The third-order valence-electron chi connectivity index (χ3n) is 3.76. The topological polar surface area (TPSA) is 59.0 Å². The van der Waals surface area contributed by atoms with Gasteiger partial charge in [-0.2, -0.15) is 5.10 Å². The zero-order chi connectivity index (χ0) is 14.8. The molecule has 1 aromatic heterocycles. The van der Waals surface area contributed by atoms with Crippen LogP contribution in [-0.4, -0.2) is 21.9 Å². The lowest BCUT2D eigenvalue weighted by Crippen LogP contribution is -2.37. The third-order valence-corrected chi connectivity index (χ3v) is 4.29. The highest BCUT2D eigenvalue weighted by molar-refractivity contribution is 9.10. The average molecular weight is 349 g/mol. The van der Waals surface area contributed by atoms with Gasteiger partial charge in [0.2, 0.25) is 0 Å². The smallest absolute Gasteiger partial charge is 0.315 e. The van der Waals surface area contributed by atoms with E-state index in [0.717, 1.165) is 16.6 Å². The molecule has 6 heteroatoms. The maximum absolute atomic E-state index is 11.9. The quantitative estimate of drug-likeness (QED) is 0.891. The third kappa shape index (κ3) is 3.44. The Labute approximate surface area is 131 Å². The zero-order valence-corrected chi connectivity index (χ0v) is 13.3. The summed E-state index contributed by atoms with van der Waals surface area (Å²) in [5, 5.41) is 9.94. The van der Waals surface area contributed by atoms with E-state index in [4.69, 9.17) is 0 Å². The van der Waals surface area contributed by atoms with Crippen LogP contribution in [0.1, 0.15) is 23.6 Å². The Hall–Kier alpha value is -1.82. The molecule has 2 amide bonds. The fraction of sp³-hybridized carbons (Fsp3) is 0.333. The van der Waals surface area contributed by atoms with Crippen molar-refractivity contribution in [3.63, 3.8) is 0 Å². The summed E-state index contributed by atoms with van der Waals surface area (Å²) in [6.07, 6.45) is 2.72. The van der Waals surface area contributed by atoms with Crippen LogP contribution in [0.3, 0.4) is 0 Å². The van der Waals surface area contributed by atoms with Crippen molar-refractivity contribution in [1.29, 1.82) is 0 Å². The number of halogens is 1. The van der Waals surface area contributed by atoms with Crippen LogP contribution in [0.2, 0.25) is 0 Å². The summed E-state index contributed by atoms with van der Waals surface area (Å²) in [5.41, 5.74) is 2.25. The molecule has 21 heavy (non-hydrogen) atoms. The predicted octanol–water partition coefficient (Wildman–Crippen LogP) is 2.54. The second-order valence-electron chi connectivity index (χ2n) is 5.27. The predicted molar refractivity (Wildman–Crippen MR) is 83.9 cm³/mol. The van der Waals surface area contributed by atoms with Gasteiger partial charge in [-0.05, 0) is 30.2 Å². The Balaban J connectivity index is 1.46. The van der Waals surface area contributed by atoms with E-state index in [1.807, 2.05) is 25.2 Å². The molecule has 5 nitrogen and oxygen atoms in total. The summed E-state index contributed by atoms with van der Waals surface area (Å²) in [4.78, 5) is 11.9. The van der Waals surface area contributed by atoms with Crippen molar-refractivity contribution < 1.29 is 4.79 Å². The van der Waals surface area contributed by atoms with E-state index in [9.17, 15) is 4.79 Å². The molecule has 1 aliphatic rings. The minimum absolute atomic E-state index is 0.124. The van der Waals surface area contributed by atoms with Crippen LogP contribution < -0.4 is 10.6 Å². The molecule has 1 saturated carbocycles. The number of nitrogens with one attached hydrogen (secondary N) is 2. The number of amides is 2. The number of hydrogen-bond donors (Lipinski definition) is 2. The lowest BCUT2D eigenvalue weighted by molar-refractivity contribution is 0.239. The molecule has 2 aromatic rings. The van der Waals surface area contributed by atoms with Crippen LogP contribution in [0.15, 0.2) is 41.0 Å². The molecule has 110 valence electrons. The van der Waals surface area contributed by atoms with E-state index in [0.29, 0.717) is 12.5 Å². The van der Waals surface area contributed by atoms with Gasteiger partial charge in [0.1, 0.15) is 0 Å². The molecule has 0 saturated heterocycles. The summed E-state index contributed by atoms with van der Waals surface area (Å²) in [6.45, 7) is 0.484. The van der Waals surface area contributed by atoms with Gasteiger partial charge >= 0.3 is 6.03 Å². The first kappa shape index (κ1) is 14.1. The maximum Gasteiger partial charge on any atom is 0.315 e. The monoisotopic (exact) mass is 348 g/mol. The largest absolute Gasteiger partial charge is 0.335 e. The highest BCUT2D eigenvalue weighted by Gasteiger charge is 2.39. The van der Waals surface area contributed by atoms with E-state index >= 15 is 0 Å². The van der Waals surface area contributed by atoms with E-state index in [2.05, 4.69) is 43.8 Å². The Morgan fingerprint density at radius 2 is 2.14 bits per heavy atom. The number of urea groups is 1. The van der Waals surface area contributed by atoms with Crippen LogP contribution >= 0.6 is 15.9 Å². The van der Waals surface area contributed by atoms with E-state index in [1.54, 1.807) is 10.9 Å². The highest BCUT2D eigenvalue weighted by atomic mass is 79.9. The number of carbonyl (C=O) groups excluding carboxylic acids is 1. The normalized spacial score (nSPS) is 20.1. The Bertz CT molecular complexity index is 637. The van der Waals surface area contributed by atoms with E-state index < -0.39 is 0 Å². The van der Waals surface area contributed by atoms with Gasteiger partial charge in [0, 0.05) is 29.7 Å². The molecule has 2 atom stereocenters. The summed E-state index contributed by atoms with van der Waals surface area (Å²) in [7, 11) is 1.86.